The van der Waals surface area contributed by atoms with Gasteiger partial charge in [-0.25, -0.2) is 15.0 Å². The lowest BCUT2D eigenvalue weighted by molar-refractivity contribution is 0.0130. The van der Waals surface area contributed by atoms with Gasteiger partial charge in [0.25, 0.3) is 0 Å². The minimum absolute atomic E-state index is 0.192. The average Bonchev–Trinajstić information content (AvgIpc) is 3.98. The van der Waals surface area contributed by atoms with Crippen molar-refractivity contribution >= 4 is 33.1 Å². The number of fused-ring (bicyclic) bond motifs is 3. The molecule has 0 unspecified atom stereocenters. The number of rotatable bonds is 14. The van der Waals surface area contributed by atoms with Crippen molar-refractivity contribution in [1.29, 1.82) is 0 Å². The van der Waals surface area contributed by atoms with Crippen LogP contribution in [-0.4, -0.2) is 62.2 Å². The largest absolute Gasteiger partial charge is 0.384 e. The van der Waals surface area contributed by atoms with Crippen molar-refractivity contribution in [3.05, 3.63) is 198 Å². The number of aromatic nitrogens is 6. The third kappa shape index (κ3) is 11.2. The Morgan fingerprint density at radius 2 is 0.873 bits per heavy atom. The second kappa shape index (κ2) is 20.7. The van der Waals surface area contributed by atoms with Gasteiger partial charge in [0.1, 0.15) is 22.5 Å². The van der Waals surface area contributed by atoms with E-state index in [1.165, 1.54) is 38.9 Å². The third-order valence-corrected chi connectivity index (χ3v) is 11.5. The monoisotopic (exact) mass is 840 g/mol. The lowest BCUT2D eigenvalue weighted by Crippen LogP contribution is -2.27. The fourth-order valence-electron chi connectivity index (χ4n) is 7.85. The van der Waals surface area contributed by atoms with Crippen molar-refractivity contribution in [1.82, 2.24) is 28.7 Å². The zero-order valence-electron chi connectivity index (χ0n) is 37.7. The molecule has 0 saturated heterocycles. The molecule has 9 nitrogen and oxygen atoms in total. The number of hydrogen-bond donors (Lipinski definition) is 0. The molecule has 6 heterocycles. The van der Waals surface area contributed by atoms with Crippen molar-refractivity contribution in [2.45, 2.75) is 71.4 Å². The summed E-state index contributed by atoms with van der Waals surface area (Å²) in [7, 11) is 5.25. The van der Waals surface area contributed by atoms with Gasteiger partial charge in [-0.2, -0.15) is 0 Å². The Kier molecular flexibility index (Phi) is 14.6. The van der Waals surface area contributed by atoms with Gasteiger partial charge in [0, 0.05) is 99.9 Å². The second-order valence-electron chi connectivity index (χ2n) is 16.9. The van der Waals surface area contributed by atoms with Crippen molar-refractivity contribution in [3.8, 4) is 0 Å². The van der Waals surface area contributed by atoms with Crippen LogP contribution in [0.4, 0.5) is 0 Å². The maximum Gasteiger partial charge on any atom is 0.140 e. The first kappa shape index (κ1) is 44.7. The summed E-state index contributed by atoms with van der Waals surface area (Å²) in [5, 5.41) is 3.52. The Labute approximate surface area is 372 Å². The SMILES string of the molecule is COC(C)(C)Cc1cc2cccnc2n1Cc1ccccc1.COC(C)(C)c1cc2cccnc2n1Cc1ccccc1.COCCc1cc2cccnc2n1Cc1ccccc1. The molecule has 9 heteroatoms. The lowest BCUT2D eigenvalue weighted by atomic mass is 10.0. The molecule has 0 atom stereocenters. The summed E-state index contributed by atoms with van der Waals surface area (Å²) >= 11 is 0. The van der Waals surface area contributed by atoms with Gasteiger partial charge < -0.3 is 27.9 Å². The molecule has 0 saturated carbocycles. The number of nitrogens with zero attached hydrogens (tertiary/aromatic N) is 6. The molecular formula is C54H60N6O3. The molecule has 3 aromatic carbocycles. The van der Waals surface area contributed by atoms with E-state index < -0.39 is 0 Å². The molecule has 0 bridgehead atoms. The van der Waals surface area contributed by atoms with E-state index in [4.69, 9.17) is 14.2 Å². The highest BCUT2D eigenvalue weighted by Gasteiger charge is 2.26. The van der Waals surface area contributed by atoms with Gasteiger partial charge in [-0.1, -0.05) is 91.0 Å². The van der Waals surface area contributed by atoms with Crippen LogP contribution in [0.5, 0.6) is 0 Å². The Morgan fingerprint density at radius 3 is 1.32 bits per heavy atom. The summed E-state index contributed by atoms with van der Waals surface area (Å²) in [5.74, 6) is 0. The number of ether oxygens (including phenoxy) is 3. The van der Waals surface area contributed by atoms with E-state index in [1.807, 2.05) is 55.0 Å². The zero-order valence-corrected chi connectivity index (χ0v) is 37.7. The number of benzene rings is 3. The minimum Gasteiger partial charge on any atom is -0.384 e. The number of pyridine rings is 3. The standard InChI is InChI=1S/C19H22N2O.C18H20N2O.C17H18N2O/c1-19(2,22-3)13-17-12-16-10-7-11-20-18(16)21(17)14-15-8-5-4-6-9-15;1-18(2,21-3)16-12-15-10-7-11-19-17(15)20(16)13-14-8-5-4-6-9-14;1-20-11-9-16-12-15-8-5-10-18-17(15)19(16)13-14-6-3-2-4-7-14/h4-12H,13-14H2,1-3H3;4-12H,13H2,1-3H3;2-8,10,12H,9,11,13H2,1H3. The highest BCUT2D eigenvalue weighted by molar-refractivity contribution is 5.79. The fourth-order valence-corrected chi connectivity index (χ4v) is 7.85. The maximum atomic E-state index is 5.68. The van der Waals surface area contributed by atoms with Crippen LogP contribution in [-0.2, 0) is 52.3 Å². The Hall–Kier alpha value is -6.39. The van der Waals surface area contributed by atoms with Crippen molar-refractivity contribution in [2.75, 3.05) is 27.9 Å². The predicted molar refractivity (Wildman–Crippen MR) is 256 cm³/mol. The summed E-state index contributed by atoms with van der Waals surface area (Å²) in [4.78, 5) is 13.7. The van der Waals surface area contributed by atoms with Crippen LogP contribution in [0.15, 0.2) is 164 Å². The molecule has 63 heavy (non-hydrogen) atoms. The van der Waals surface area contributed by atoms with Crippen LogP contribution < -0.4 is 0 Å². The molecule has 6 aromatic heterocycles. The van der Waals surface area contributed by atoms with Gasteiger partial charge >= 0.3 is 0 Å². The van der Waals surface area contributed by atoms with Gasteiger partial charge in [-0.05, 0) is 99.0 Å². The van der Waals surface area contributed by atoms with Gasteiger partial charge in [-0.15, -0.1) is 0 Å². The van der Waals surface area contributed by atoms with Crippen LogP contribution in [0.3, 0.4) is 0 Å². The van der Waals surface area contributed by atoms with Crippen LogP contribution >= 0.6 is 0 Å². The number of hydrogen-bond acceptors (Lipinski definition) is 6. The second-order valence-corrected chi connectivity index (χ2v) is 16.9. The van der Waals surface area contributed by atoms with E-state index in [0.717, 1.165) is 67.1 Å². The maximum absolute atomic E-state index is 5.68. The fraction of sp³-hybridized carbons (Fsp3) is 0.278. The van der Waals surface area contributed by atoms with E-state index >= 15 is 0 Å². The first-order valence-electron chi connectivity index (χ1n) is 21.6. The van der Waals surface area contributed by atoms with E-state index in [2.05, 4.69) is 166 Å². The highest BCUT2D eigenvalue weighted by atomic mass is 16.5. The normalized spacial score (nSPS) is 11.7. The van der Waals surface area contributed by atoms with Gasteiger partial charge in [0.2, 0.25) is 0 Å². The number of methoxy groups -OCH3 is 3. The van der Waals surface area contributed by atoms with Crippen molar-refractivity contribution < 1.29 is 14.2 Å². The molecule has 0 fully saturated rings. The molecule has 0 aliphatic rings. The van der Waals surface area contributed by atoms with E-state index in [1.54, 1.807) is 21.3 Å². The predicted octanol–water partition coefficient (Wildman–Crippen LogP) is 11.3. The minimum atomic E-state index is -0.352. The topological polar surface area (TPSA) is 81.2 Å². The van der Waals surface area contributed by atoms with E-state index in [0.29, 0.717) is 0 Å². The quantitative estimate of drug-likeness (QED) is 0.108. The molecule has 9 aromatic rings. The summed E-state index contributed by atoms with van der Waals surface area (Å²) < 4.78 is 23.3. The van der Waals surface area contributed by atoms with E-state index in [-0.39, 0.29) is 11.2 Å². The highest BCUT2D eigenvalue weighted by Crippen LogP contribution is 2.30. The first-order chi connectivity index (χ1) is 30.6. The molecule has 324 valence electrons. The van der Waals surface area contributed by atoms with E-state index in [9.17, 15) is 0 Å². The molecule has 0 radical (unpaired) electrons. The van der Waals surface area contributed by atoms with Gasteiger partial charge in [0.15, 0.2) is 0 Å². The molecule has 0 N–H and O–H groups in total. The molecule has 9 rings (SSSR count). The first-order valence-corrected chi connectivity index (χ1v) is 21.6. The summed E-state index contributed by atoms with van der Waals surface area (Å²) in [6.45, 7) is 11.6. The van der Waals surface area contributed by atoms with Crippen LogP contribution in [0.2, 0.25) is 0 Å². The van der Waals surface area contributed by atoms with Crippen LogP contribution in [0.1, 0.15) is 61.5 Å². The molecule has 0 aliphatic heterocycles. The summed E-state index contributed by atoms with van der Waals surface area (Å²) in [6, 6.07) is 50.3. The summed E-state index contributed by atoms with van der Waals surface area (Å²) in [5.41, 5.74) is 10.0. The van der Waals surface area contributed by atoms with Crippen LogP contribution in [0, 0.1) is 0 Å². The Balaban J connectivity index is 0.000000142. The third-order valence-electron chi connectivity index (χ3n) is 11.5. The lowest BCUT2D eigenvalue weighted by Gasteiger charge is -2.25. The molecule has 0 aliphatic carbocycles. The Morgan fingerprint density at radius 1 is 0.460 bits per heavy atom. The smallest absolute Gasteiger partial charge is 0.140 e. The zero-order chi connectivity index (χ0) is 44.2. The summed E-state index contributed by atoms with van der Waals surface area (Å²) in [6.07, 6.45) is 7.30. The molecule has 0 spiro atoms. The van der Waals surface area contributed by atoms with Gasteiger partial charge in [0.05, 0.1) is 17.9 Å². The Bertz CT molecular complexity index is 2810. The average molecular weight is 841 g/mol. The van der Waals surface area contributed by atoms with Crippen LogP contribution in [0.25, 0.3) is 33.1 Å². The molecular weight excluding hydrogens is 781 g/mol. The van der Waals surface area contributed by atoms with Crippen molar-refractivity contribution in [3.63, 3.8) is 0 Å². The van der Waals surface area contributed by atoms with Gasteiger partial charge in [-0.3, -0.25) is 0 Å². The molecule has 0 amide bonds. The van der Waals surface area contributed by atoms with Crippen molar-refractivity contribution in [2.24, 2.45) is 0 Å².